The molecule has 1 saturated heterocycles. The molecular formula is C25H27N2OS+. The number of piperazine rings is 1. The predicted octanol–water partition coefficient (Wildman–Crippen LogP) is 3.62. The van der Waals surface area contributed by atoms with Gasteiger partial charge in [-0.25, -0.2) is 0 Å². The Labute approximate surface area is 177 Å². The van der Waals surface area contributed by atoms with Gasteiger partial charge in [0, 0.05) is 16.0 Å². The first-order valence-electron chi connectivity index (χ1n) is 10.1. The lowest BCUT2D eigenvalue weighted by Gasteiger charge is -2.32. The van der Waals surface area contributed by atoms with Crippen molar-refractivity contribution in [1.82, 2.24) is 4.90 Å². The number of quaternary nitrogens is 1. The highest BCUT2D eigenvalue weighted by Gasteiger charge is 2.24. The largest absolute Gasteiger partial charge is 0.328 e. The Morgan fingerprint density at radius 1 is 0.862 bits per heavy atom. The quantitative estimate of drug-likeness (QED) is 0.658. The van der Waals surface area contributed by atoms with Crippen LogP contribution >= 0.6 is 11.8 Å². The first-order chi connectivity index (χ1) is 14.2. The maximum absolute atomic E-state index is 12.9. The molecule has 29 heavy (non-hydrogen) atoms. The zero-order valence-electron chi connectivity index (χ0n) is 16.8. The summed E-state index contributed by atoms with van der Waals surface area (Å²) in [6, 6.07) is 27.1. The number of rotatable bonds is 5. The van der Waals surface area contributed by atoms with E-state index in [0.717, 1.165) is 43.9 Å². The summed E-state index contributed by atoms with van der Waals surface area (Å²) in [7, 11) is 0. The number of benzene rings is 3. The standard InChI is InChI=1S/C25H26N2OS/c1-29-24-13-7-20(8-14-24)19-26-15-17-27(18-16-26)25(28)23-11-9-22(10-12-23)21-5-3-2-4-6-21/h2-14H,15-19H2,1H3/p+1. The molecule has 1 aliphatic rings. The van der Waals surface area contributed by atoms with Crippen molar-refractivity contribution >= 4 is 17.7 Å². The van der Waals surface area contributed by atoms with Crippen LogP contribution in [0, 0.1) is 0 Å². The summed E-state index contributed by atoms with van der Waals surface area (Å²) in [6.07, 6.45) is 2.10. The highest BCUT2D eigenvalue weighted by Crippen LogP contribution is 2.20. The summed E-state index contributed by atoms with van der Waals surface area (Å²) in [5.74, 6) is 0.146. The van der Waals surface area contributed by atoms with E-state index in [1.54, 1.807) is 16.7 Å². The molecule has 4 heteroatoms. The van der Waals surface area contributed by atoms with Crippen LogP contribution in [0.4, 0.5) is 0 Å². The molecule has 0 atom stereocenters. The minimum absolute atomic E-state index is 0.146. The molecule has 3 aromatic carbocycles. The summed E-state index contributed by atoms with van der Waals surface area (Å²) in [5, 5.41) is 0. The lowest BCUT2D eigenvalue weighted by Crippen LogP contribution is -3.13. The van der Waals surface area contributed by atoms with Gasteiger partial charge < -0.3 is 9.80 Å². The minimum Gasteiger partial charge on any atom is -0.328 e. The molecule has 0 bridgehead atoms. The molecule has 1 aliphatic heterocycles. The first kappa shape index (κ1) is 19.7. The van der Waals surface area contributed by atoms with E-state index in [9.17, 15) is 4.79 Å². The van der Waals surface area contributed by atoms with E-state index in [0.29, 0.717) is 0 Å². The second-order valence-electron chi connectivity index (χ2n) is 7.51. The van der Waals surface area contributed by atoms with Gasteiger partial charge >= 0.3 is 0 Å². The van der Waals surface area contributed by atoms with Gasteiger partial charge in [-0.05, 0) is 41.6 Å². The lowest BCUT2D eigenvalue weighted by molar-refractivity contribution is -0.917. The number of amides is 1. The Balaban J connectivity index is 1.32. The zero-order chi connectivity index (χ0) is 20.1. The number of carbonyl (C=O) groups is 1. The molecule has 148 valence electrons. The van der Waals surface area contributed by atoms with Crippen LogP contribution < -0.4 is 4.90 Å². The van der Waals surface area contributed by atoms with Gasteiger partial charge in [0.05, 0.1) is 26.2 Å². The van der Waals surface area contributed by atoms with E-state index in [-0.39, 0.29) is 5.91 Å². The van der Waals surface area contributed by atoms with Gasteiger partial charge in [-0.15, -0.1) is 11.8 Å². The minimum atomic E-state index is 0.146. The Bertz CT molecular complexity index is 931. The average Bonchev–Trinajstić information content (AvgIpc) is 2.80. The molecule has 1 N–H and O–H groups in total. The predicted molar refractivity (Wildman–Crippen MR) is 120 cm³/mol. The van der Waals surface area contributed by atoms with Crippen molar-refractivity contribution < 1.29 is 9.69 Å². The average molecular weight is 404 g/mol. The van der Waals surface area contributed by atoms with Crippen LogP contribution in [0.2, 0.25) is 0 Å². The summed E-state index contributed by atoms with van der Waals surface area (Å²) in [5.41, 5.74) is 4.47. The van der Waals surface area contributed by atoms with Crippen molar-refractivity contribution in [3.05, 3.63) is 90.0 Å². The summed E-state index contributed by atoms with van der Waals surface area (Å²) >= 11 is 1.77. The Kier molecular flexibility index (Phi) is 6.33. The molecule has 0 aromatic heterocycles. The van der Waals surface area contributed by atoms with E-state index in [2.05, 4.69) is 42.7 Å². The molecule has 0 radical (unpaired) electrons. The van der Waals surface area contributed by atoms with Gasteiger partial charge in [0.2, 0.25) is 0 Å². The first-order valence-corrected chi connectivity index (χ1v) is 11.4. The second kappa shape index (κ2) is 9.29. The molecule has 4 rings (SSSR count). The molecule has 3 nitrogen and oxygen atoms in total. The number of thioether (sulfide) groups is 1. The number of hydrogen-bond acceptors (Lipinski definition) is 2. The third kappa shape index (κ3) is 4.89. The SMILES string of the molecule is CSc1ccc(C[NH+]2CCN(C(=O)c3ccc(-c4ccccc4)cc3)CC2)cc1. The highest BCUT2D eigenvalue weighted by atomic mass is 32.2. The van der Waals surface area contributed by atoms with E-state index < -0.39 is 0 Å². The van der Waals surface area contributed by atoms with Gasteiger partial charge in [-0.1, -0.05) is 54.6 Å². The van der Waals surface area contributed by atoms with Crippen LogP contribution in [0.15, 0.2) is 83.8 Å². The summed E-state index contributed by atoms with van der Waals surface area (Å²) < 4.78 is 0. The molecule has 1 amide bonds. The van der Waals surface area contributed by atoms with Gasteiger partial charge in [0.15, 0.2) is 0 Å². The normalized spacial score (nSPS) is 14.7. The molecule has 0 spiro atoms. The number of nitrogens with one attached hydrogen (secondary N) is 1. The molecule has 0 unspecified atom stereocenters. The van der Waals surface area contributed by atoms with Gasteiger partial charge in [-0.3, -0.25) is 4.79 Å². The van der Waals surface area contributed by atoms with E-state index in [4.69, 9.17) is 0 Å². The molecular weight excluding hydrogens is 376 g/mol. The van der Waals surface area contributed by atoms with Crippen LogP contribution in [0.5, 0.6) is 0 Å². The van der Waals surface area contributed by atoms with Crippen molar-refractivity contribution in [2.45, 2.75) is 11.4 Å². The number of nitrogens with zero attached hydrogens (tertiary/aromatic N) is 1. The fourth-order valence-electron chi connectivity index (χ4n) is 3.85. The maximum atomic E-state index is 12.9. The molecule has 3 aromatic rings. The highest BCUT2D eigenvalue weighted by molar-refractivity contribution is 7.98. The Morgan fingerprint density at radius 3 is 2.10 bits per heavy atom. The van der Waals surface area contributed by atoms with Gasteiger partial charge in [0.25, 0.3) is 5.91 Å². The van der Waals surface area contributed by atoms with E-state index in [1.807, 2.05) is 47.4 Å². The van der Waals surface area contributed by atoms with Gasteiger partial charge in [0.1, 0.15) is 6.54 Å². The van der Waals surface area contributed by atoms with Crippen molar-refractivity contribution in [3.63, 3.8) is 0 Å². The number of carbonyl (C=O) groups excluding carboxylic acids is 1. The van der Waals surface area contributed by atoms with E-state index >= 15 is 0 Å². The van der Waals surface area contributed by atoms with Crippen molar-refractivity contribution in [1.29, 1.82) is 0 Å². The van der Waals surface area contributed by atoms with Crippen LogP contribution in [0.3, 0.4) is 0 Å². The Morgan fingerprint density at radius 2 is 1.48 bits per heavy atom. The third-order valence-corrected chi connectivity index (χ3v) is 6.35. The molecule has 1 fully saturated rings. The van der Waals surface area contributed by atoms with E-state index in [1.165, 1.54) is 16.0 Å². The molecule has 1 heterocycles. The second-order valence-corrected chi connectivity index (χ2v) is 8.39. The van der Waals surface area contributed by atoms with Crippen LogP contribution in [0.1, 0.15) is 15.9 Å². The fraction of sp³-hybridized carbons (Fsp3) is 0.240. The number of hydrogen-bond donors (Lipinski definition) is 1. The zero-order valence-corrected chi connectivity index (χ0v) is 17.6. The molecule has 0 saturated carbocycles. The monoisotopic (exact) mass is 403 g/mol. The van der Waals surface area contributed by atoms with Crippen LogP contribution in [-0.4, -0.2) is 43.2 Å². The smallest absolute Gasteiger partial charge is 0.254 e. The van der Waals surface area contributed by atoms with Crippen molar-refractivity contribution in [2.75, 3.05) is 32.4 Å². The van der Waals surface area contributed by atoms with Crippen molar-refractivity contribution in [3.8, 4) is 11.1 Å². The summed E-state index contributed by atoms with van der Waals surface area (Å²) in [4.78, 5) is 17.7. The maximum Gasteiger partial charge on any atom is 0.254 e. The lowest BCUT2D eigenvalue weighted by atomic mass is 10.0. The molecule has 0 aliphatic carbocycles. The summed E-state index contributed by atoms with van der Waals surface area (Å²) in [6.45, 7) is 4.66. The topological polar surface area (TPSA) is 24.8 Å². The van der Waals surface area contributed by atoms with Crippen LogP contribution in [0.25, 0.3) is 11.1 Å². The van der Waals surface area contributed by atoms with Crippen LogP contribution in [-0.2, 0) is 6.54 Å². The fourth-order valence-corrected chi connectivity index (χ4v) is 4.26. The van der Waals surface area contributed by atoms with Gasteiger partial charge in [-0.2, -0.15) is 0 Å². The third-order valence-electron chi connectivity index (χ3n) is 5.61. The van der Waals surface area contributed by atoms with Crippen molar-refractivity contribution in [2.24, 2.45) is 0 Å². The Hall–Kier alpha value is -2.56.